The molecule has 0 N–H and O–H groups in total. The summed E-state index contributed by atoms with van der Waals surface area (Å²) in [4.78, 5) is 14.6. The van der Waals surface area contributed by atoms with Crippen LogP contribution in [0.1, 0.15) is 22.5 Å². The normalized spacial score (nSPS) is 11.4. The molecule has 1 rings (SSSR count). The summed E-state index contributed by atoms with van der Waals surface area (Å²) in [7, 11) is 1.82. The van der Waals surface area contributed by atoms with Gasteiger partial charge in [-0.15, -0.1) is 13.2 Å². The number of carbonyl (C=O) groups excluding carboxylic acids is 1. The largest absolute Gasteiger partial charge is 0.573 e. The Bertz CT molecular complexity index is 503. The Balaban J connectivity index is 3.50. The van der Waals surface area contributed by atoms with Gasteiger partial charge in [0.15, 0.2) is 17.2 Å². The molecule has 1 aromatic rings. The van der Waals surface area contributed by atoms with E-state index in [-0.39, 0.29) is 0 Å². The van der Waals surface area contributed by atoms with Gasteiger partial charge < -0.3 is 14.2 Å². The maximum Gasteiger partial charge on any atom is 0.573 e. The number of esters is 1. The van der Waals surface area contributed by atoms with Gasteiger partial charge in [-0.05, 0) is 0 Å². The second-order valence-corrected chi connectivity index (χ2v) is 3.26. The first kappa shape index (κ1) is 15.9. The van der Waals surface area contributed by atoms with Crippen molar-refractivity contribution in [1.82, 2.24) is 4.98 Å². The molecular weight excluding hydrogens is 293 g/mol. The molecular formula is C10H8F5NO4. The van der Waals surface area contributed by atoms with Crippen molar-refractivity contribution in [2.24, 2.45) is 0 Å². The molecule has 0 bridgehead atoms. The second kappa shape index (κ2) is 5.88. The molecule has 0 unspecified atom stereocenters. The first-order valence-corrected chi connectivity index (χ1v) is 4.90. The van der Waals surface area contributed by atoms with Crippen molar-refractivity contribution in [2.45, 2.75) is 12.8 Å². The summed E-state index contributed by atoms with van der Waals surface area (Å²) in [6, 6.07) is 0. The number of hydrogen-bond acceptors (Lipinski definition) is 5. The van der Waals surface area contributed by atoms with Crippen LogP contribution in [0.5, 0.6) is 11.5 Å². The highest BCUT2D eigenvalue weighted by molar-refractivity contribution is 5.91. The molecule has 0 atom stereocenters. The maximum atomic E-state index is 12.7. The Morgan fingerprint density at radius 1 is 1.25 bits per heavy atom. The Kier molecular flexibility index (Phi) is 4.69. The molecule has 0 fully saturated rings. The smallest absolute Gasteiger partial charge is 0.491 e. The minimum atomic E-state index is -5.24. The summed E-state index contributed by atoms with van der Waals surface area (Å²) in [5, 5.41) is 0. The van der Waals surface area contributed by atoms with Crippen molar-refractivity contribution in [3.8, 4) is 11.5 Å². The average Bonchev–Trinajstić information content (AvgIpc) is 2.34. The number of halogens is 5. The minimum Gasteiger partial charge on any atom is -0.491 e. The van der Waals surface area contributed by atoms with Crippen LogP contribution in [0.3, 0.4) is 0 Å². The van der Waals surface area contributed by atoms with Gasteiger partial charge in [0.1, 0.15) is 0 Å². The summed E-state index contributed by atoms with van der Waals surface area (Å²) in [5.41, 5.74) is -1.87. The fourth-order valence-corrected chi connectivity index (χ4v) is 1.30. The fraction of sp³-hybridized carbons (Fsp3) is 0.400. The molecule has 1 heterocycles. The Labute approximate surface area is 109 Å². The first-order chi connectivity index (χ1) is 9.21. The molecule has 112 valence electrons. The fourth-order valence-electron chi connectivity index (χ4n) is 1.30. The molecule has 0 amide bonds. The topological polar surface area (TPSA) is 57.7 Å². The average molecular weight is 301 g/mol. The molecule has 10 heteroatoms. The van der Waals surface area contributed by atoms with Crippen molar-refractivity contribution in [3.63, 3.8) is 0 Å². The molecule has 0 spiro atoms. The number of pyridine rings is 1. The molecule has 0 aromatic carbocycles. The van der Waals surface area contributed by atoms with Gasteiger partial charge in [0.05, 0.1) is 19.8 Å². The van der Waals surface area contributed by atoms with Crippen molar-refractivity contribution in [1.29, 1.82) is 0 Å². The van der Waals surface area contributed by atoms with E-state index in [9.17, 15) is 26.7 Å². The summed E-state index contributed by atoms with van der Waals surface area (Å²) in [6.45, 7) is 0. The lowest BCUT2D eigenvalue weighted by atomic mass is 10.2. The Morgan fingerprint density at radius 2 is 1.85 bits per heavy atom. The van der Waals surface area contributed by atoms with Gasteiger partial charge in [0.2, 0.25) is 0 Å². The third-order valence-electron chi connectivity index (χ3n) is 2.05. The minimum absolute atomic E-state index is 0.389. The van der Waals surface area contributed by atoms with E-state index in [0.717, 1.165) is 14.2 Å². The van der Waals surface area contributed by atoms with Gasteiger partial charge >= 0.3 is 12.3 Å². The summed E-state index contributed by atoms with van der Waals surface area (Å²) in [5.74, 6) is -3.37. The van der Waals surface area contributed by atoms with E-state index in [1.54, 1.807) is 0 Å². The Morgan fingerprint density at radius 3 is 2.25 bits per heavy atom. The molecule has 0 saturated heterocycles. The van der Waals surface area contributed by atoms with E-state index in [1.165, 1.54) is 0 Å². The van der Waals surface area contributed by atoms with Crippen LogP contribution in [0, 0.1) is 0 Å². The van der Waals surface area contributed by atoms with E-state index in [0.29, 0.717) is 6.20 Å². The lowest BCUT2D eigenvalue weighted by Crippen LogP contribution is -2.20. The van der Waals surface area contributed by atoms with Crippen LogP contribution in [0.15, 0.2) is 6.20 Å². The van der Waals surface area contributed by atoms with Gasteiger partial charge in [0.25, 0.3) is 6.43 Å². The van der Waals surface area contributed by atoms with Crippen molar-refractivity contribution in [2.75, 3.05) is 14.2 Å². The van der Waals surface area contributed by atoms with Crippen LogP contribution >= 0.6 is 0 Å². The van der Waals surface area contributed by atoms with Crippen LogP contribution in [-0.2, 0) is 4.74 Å². The predicted molar refractivity (Wildman–Crippen MR) is 53.8 cm³/mol. The molecule has 0 aliphatic heterocycles. The predicted octanol–water partition coefficient (Wildman–Crippen LogP) is 2.71. The van der Waals surface area contributed by atoms with Crippen LogP contribution in [0.4, 0.5) is 22.0 Å². The molecule has 0 aliphatic rings. The second-order valence-electron chi connectivity index (χ2n) is 3.26. The van der Waals surface area contributed by atoms with E-state index >= 15 is 0 Å². The first-order valence-electron chi connectivity index (χ1n) is 4.90. The number of rotatable bonds is 4. The van der Waals surface area contributed by atoms with E-state index in [2.05, 4.69) is 19.2 Å². The summed E-state index contributed by atoms with van der Waals surface area (Å²) >= 11 is 0. The quantitative estimate of drug-likeness (QED) is 0.632. The number of aromatic nitrogens is 1. The van der Waals surface area contributed by atoms with E-state index in [1.807, 2.05) is 0 Å². The van der Waals surface area contributed by atoms with Gasteiger partial charge in [0, 0.05) is 6.20 Å². The highest BCUT2D eigenvalue weighted by Gasteiger charge is 2.37. The maximum absolute atomic E-state index is 12.7. The zero-order valence-electron chi connectivity index (χ0n) is 10.1. The highest BCUT2D eigenvalue weighted by Crippen LogP contribution is 2.41. The number of nitrogens with zero attached hydrogens (tertiary/aromatic N) is 1. The molecule has 20 heavy (non-hydrogen) atoms. The number of ether oxygens (including phenoxy) is 3. The SMILES string of the molecule is COC(=O)c1ncc(C(F)F)c(OC(F)(F)F)c1OC. The van der Waals surface area contributed by atoms with Gasteiger partial charge in [-0.2, -0.15) is 0 Å². The molecule has 0 aliphatic carbocycles. The van der Waals surface area contributed by atoms with Crippen molar-refractivity contribution < 1.29 is 41.0 Å². The summed E-state index contributed by atoms with van der Waals surface area (Å²) in [6.07, 6.45) is -8.16. The number of methoxy groups -OCH3 is 2. The van der Waals surface area contributed by atoms with Crippen LogP contribution < -0.4 is 9.47 Å². The third-order valence-corrected chi connectivity index (χ3v) is 2.05. The Hall–Kier alpha value is -2.13. The van der Waals surface area contributed by atoms with Gasteiger partial charge in [-0.25, -0.2) is 18.6 Å². The zero-order valence-corrected chi connectivity index (χ0v) is 10.1. The molecule has 0 saturated carbocycles. The highest BCUT2D eigenvalue weighted by atomic mass is 19.4. The summed E-state index contributed by atoms with van der Waals surface area (Å²) < 4.78 is 74.4. The molecule has 1 aromatic heterocycles. The standard InChI is InChI=1S/C10H8F5NO4/c1-18-7-5(9(17)19-2)16-3-4(8(11)12)6(7)20-10(13,14)15/h3,8H,1-2H3. The third kappa shape index (κ3) is 3.45. The zero-order chi connectivity index (χ0) is 15.5. The van der Waals surface area contributed by atoms with Crippen LogP contribution in [0.2, 0.25) is 0 Å². The lowest BCUT2D eigenvalue weighted by Gasteiger charge is -2.17. The van der Waals surface area contributed by atoms with Crippen LogP contribution in [0.25, 0.3) is 0 Å². The number of hydrogen-bond donors (Lipinski definition) is 0. The lowest BCUT2D eigenvalue weighted by molar-refractivity contribution is -0.275. The van der Waals surface area contributed by atoms with Crippen molar-refractivity contribution >= 4 is 5.97 Å². The molecule has 5 nitrogen and oxygen atoms in total. The monoisotopic (exact) mass is 301 g/mol. The van der Waals surface area contributed by atoms with Gasteiger partial charge in [-0.1, -0.05) is 0 Å². The number of alkyl halides is 5. The van der Waals surface area contributed by atoms with E-state index < -0.39 is 41.5 Å². The number of carbonyl (C=O) groups is 1. The van der Waals surface area contributed by atoms with Gasteiger partial charge in [-0.3, -0.25) is 0 Å². The van der Waals surface area contributed by atoms with E-state index in [4.69, 9.17) is 0 Å². The molecule has 0 radical (unpaired) electrons. The van der Waals surface area contributed by atoms with Crippen LogP contribution in [-0.4, -0.2) is 31.5 Å². The van der Waals surface area contributed by atoms with Crippen molar-refractivity contribution in [3.05, 3.63) is 17.5 Å².